The number of piperazine rings is 1. The highest BCUT2D eigenvalue weighted by Gasteiger charge is 2.14. The van der Waals surface area contributed by atoms with Gasteiger partial charge in [0, 0.05) is 38.8 Å². The number of hydrogen-bond donors (Lipinski definition) is 2. The Hall–Kier alpha value is -0.0800. The van der Waals surface area contributed by atoms with Gasteiger partial charge < -0.3 is 16.0 Å². The van der Waals surface area contributed by atoms with E-state index in [0.29, 0.717) is 12.0 Å². The van der Waals surface area contributed by atoms with Crippen LogP contribution in [0, 0.1) is 0 Å². The standard InChI is InChI=1S/C12H27N5.HI/c1-4-16-7-9-17(10-8-16)6-5-14-12(13)15-11(2)3;/h11H,4-10H2,1-3H3,(H3,13,14,15);1H. The normalized spacial score (nSPS) is 18.8. The molecule has 0 aromatic heterocycles. The summed E-state index contributed by atoms with van der Waals surface area (Å²) < 4.78 is 0. The summed E-state index contributed by atoms with van der Waals surface area (Å²) in [6, 6.07) is 0.354. The molecule has 0 bridgehead atoms. The van der Waals surface area contributed by atoms with E-state index >= 15 is 0 Å². The Morgan fingerprint density at radius 3 is 2.28 bits per heavy atom. The molecule has 18 heavy (non-hydrogen) atoms. The molecule has 0 atom stereocenters. The van der Waals surface area contributed by atoms with E-state index < -0.39 is 0 Å². The van der Waals surface area contributed by atoms with E-state index in [1.54, 1.807) is 0 Å². The van der Waals surface area contributed by atoms with Crippen molar-refractivity contribution in [1.82, 2.24) is 15.1 Å². The number of halogens is 1. The summed E-state index contributed by atoms with van der Waals surface area (Å²) in [6.45, 7) is 14.0. The van der Waals surface area contributed by atoms with Crippen molar-refractivity contribution in [2.24, 2.45) is 10.7 Å². The average molecular weight is 369 g/mol. The zero-order chi connectivity index (χ0) is 12.7. The molecule has 1 heterocycles. The van der Waals surface area contributed by atoms with Gasteiger partial charge in [0.2, 0.25) is 0 Å². The van der Waals surface area contributed by atoms with Crippen molar-refractivity contribution >= 4 is 29.9 Å². The second kappa shape index (κ2) is 9.80. The lowest BCUT2D eigenvalue weighted by Gasteiger charge is -2.33. The van der Waals surface area contributed by atoms with E-state index in [4.69, 9.17) is 5.73 Å². The summed E-state index contributed by atoms with van der Waals surface area (Å²) in [7, 11) is 0. The van der Waals surface area contributed by atoms with E-state index in [-0.39, 0.29) is 24.0 Å². The van der Waals surface area contributed by atoms with Crippen LogP contribution in [0.1, 0.15) is 20.8 Å². The van der Waals surface area contributed by atoms with Gasteiger partial charge in [-0.25, -0.2) is 0 Å². The minimum Gasteiger partial charge on any atom is -0.370 e. The molecule has 1 rings (SSSR count). The first-order chi connectivity index (χ1) is 8.11. The highest BCUT2D eigenvalue weighted by molar-refractivity contribution is 14.0. The second-order valence-electron chi connectivity index (χ2n) is 4.84. The summed E-state index contributed by atoms with van der Waals surface area (Å²) >= 11 is 0. The van der Waals surface area contributed by atoms with Crippen molar-refractivity contribution in [3.63, 3.8) is 0 Å². The van der Waals surface area contributed by atoms with Crippen molar-refractivity contribution in [3.8, 4) is 0 Å². The van der Waals surface area contributed by atoms with Gasteiger partial charge in [0.05, 0.1) is 6.54 Å². The van der Waals surface area contributed by atoms with Crippen molar-refractivity contribution in [1.29, 1.82) is 0 Å². The molecule has 108 valence electrons. The first-order valence-electron chi connectivity index (χ1n) is 6.63. The molecule has 0 aromatic rings. The van der Waals surface area contributed by atoms with Crippen LogP contribution in [0.25, 0.3) is 0 Å². The van der Waals surface area contributed by atoms with Gasteiger partial charge in [-0.2, -0.15) is 0 Å². The minimum absolute atomic E-state index is 0. The molecule has 0 unspecified atom stereocenters. The van der Waals surface area contributed by atoms with Crippen molar-refractivity contribution in [2.45, 2.75) is 26.8 Å². The SMILES string of the molecule is CCN1CCN(CCN=C(N)NC(C)C)CC1.I. The Kier molecular flexibility index (Phi) is 9.76. The molecule has 1 fully saturated rings. The fourth-order valence-corrected chi connectivity index (χ4v) is 1.98. The van der Waals surface area contributed by atoms with Crippen LogP contribution in [-0.2, 0) is 0 Å². The minimum atomic E-state index is 0. The topological polar surface area (TPSA) is 56.9 Å². The van der Waals surface area contributed by atoms with Crippen LogP contribution in [0.3, 0.4) is 0 Å². The molecule has 0 spiro atoms. The Bertz CT molecular complexity index is 237. The van der Waals surface area contributed by atoms with Crippen LogP contribution in [0.4, 0.5) is 0 Å². The molecule has 1 saturated heterocycles. The third kappa shape index (κ3) is 7.38. The van der Waals surface area contributed by atoms with Crippen molar-refractivity contribution in [2.75, 3.05) is 45.8 Å². The van der Waals surface area contributed by atoms with Gasteiger partial charge in [-0.05, 0) is 20.4 Å². The van der Waals surface area contributed by atoms with Crippen LogP contribution >= 0.6 is 24.0 Å². The van der Waals surface area contributed by atoms with Crippen molar-refractivity contribution < 1.29 is 0 Å². The lowest BCUT2D eigenvalue weighted by Crippen LogP contribution is -2.47. The Labute approximate surface area is 128 Å². The van der Waals surface area contributed by atoms with Gasteiger partial charge in [-0.15, -0.1) is 24.0 Å². The number of guanidine groups is 1. The fraction of sp³-hybridized carbons (Fsp3) is 0.917. The predicted octanol–water partition coefficient (Wildman–Crippen LogP) is 0.555. The lowest BCUT2D eigenvalue weighted by atomic mass is 10.3. The molecular weight excluding hydrogens is 341 g/mol. The zero-order valence-corrected chi connectivity index (χ0v) is 14.2. The summed E-state index contributed by atoms with van der Waals surface area (Å²) in [6.07, 6.45) is 0. The summed E-state index contributed by atoms with van der Waals surface area (Å²) in [4.78, 5) is 9.26. The van der Waals surface area contributed by atoms with Gasteiger partial charge in [0.15, 0.2) is 5.96 Å². The van der Waals surface area contributed by atoms with Gasteiger partial charge in [-0.1, -0.05) is 6.92 Å². The number of nitrogens with two attached hydrogens (primary N) is 1. The van der Waals surface area contributed by atoms with E-state index in [1.165, 1.54) is 13.1 Å². The van der Waals surface area contributed by atoms with Crippen LogP contribution in [0.2, 0.25) is 0 Å². The number of hydrogen-bond acceptors (Lipinski definition) is 3. The maximum atomic E-state index is 5.75. The number of likely N-dealkylation sites (N-methyl/N-ethyl adjacent to an activating group) is 1. The van der Waals surface area contributed by atoms with Gasteiger partial charge in [0.1, 0.15) is 0 Å². The number of nitrogens with one attached hydrogen (secondary N) is 1. The van der Waals surface area contributed by atoms with Gasteiger partial charge >= 0.3 is 0 Å². The summed E-state index contributed by atoms with van der Waals surface area (Å²) in [5.41, 5.74) is 5.75. The van der Waals surface area contributed by atoms with Gasteiger partial charge in [-0.3, -0.25) is 9.89 Å². The van der Waals surface area contributed by atoms with E-state index in [0.717, 1.165) is 32.7 Å². The quantitative estimate of drug-likeness (QED) is 0.422. The smallest absolute Gasteiger partial charge is 0.188 e. The van der Waals surface area contributed by atoms with Crippen LogP contribution in [-0.4, -0.2) is 67.6 Å². The first kappa shape index (κ1) is 17.9. The molecule has 3 N–H and O–H groups in total. The maximum absolute atomic E-state index is 5.75. The molecule has 5 nitrogen and oxygen atoms in total. The number of rotatable bonds is 5. The number of aliphatic imine (C=N–C) groups is 1. The molecule has 0 aromatic carbocycles. The third-order valence-electron chi connectivity index (χ3n) is 3.05. The Balaban J connectivity index is 0.00000289. The van der Waals surface area contributed by atoms with Crippen molar-refractivity contribution in [3.05, 3.63) is 0 Å². The van der Waals surface area contributed by atoms with Crippen LogP contribution in [0.5, 0.6) is 0 Å². The highest BCUT2D eigenvalue weighted by Crippen LogP contribution is 2.00. The average Bonchev–Trinajstić information content (AvgIpc) is 2.29. The van der Waals surface area contributed by atoms with Crippen LogP contribution < -0.4 is 11.1 Å². The Morgan fingerprint density at radius 2 is 1.78 bits per heavy atom. The molecule has 0 radical (unpaired) electrons. The summed E-state index contributed by atoms with van der Waals surface area (Å²) in [5.74, 6) is 0.562. The monoisotopic (exact) mass is 369 g/mol. The molecule has 1 aliphatic heterocycles. The maximum Gasteiger partial charge on any atom is 0.188 e. The zero-order valence-electron chi connectivity index (χ0n) is 11.9. The fourth-order valence-electron chi connectivity index (χ4n) is 1.98. The molecule has 0 amide bonds. The van der Waals surface area contributed by atoms with Crippen LogP contribution in [0.15, 0.2) is 4.99 Å². The first-order valence-corrected chi connectivity index (χ1v) is 6.63. The van der Waals surface area contributed by atoms with E-state index in [9.17, 15) is 0 Å². The summed E-state index contributed by atoms with van der Waals surface area (Å²) in [5, 5.41) is 3.10. The molecule has 0 aliphatic carbocycles. The highest BCUT2D eigenvalue weighted by atomic mass is 127. The predicted molar refractivity (Wildman–Crippen MR) is 88.7 cm³/mol. The third-order valence-corrected chi connectivity index (χ3v) is 3.05. The molecule has 1 aliphatic rings. The second-order valence-corrected chi connectivity index (χ2v) is 4.84. The molecule has 0 saturated carbocycles. The lowest BCUT2D eigenvalue weighted by molar-refractivity contribution is 0.140. The largest absolute Gasteiger partial charge is 0.370 e. The van der Waals surface area contributed by atoms with E-state index in [1.807, 2.05) is 0 Å². The van der Waals surface area contributed by atoms with E-state index in [2.05, 4.69) is 40.9 Å². The molecule has 6 heteroatoms. The Morgan fingerprint density at radius 1 is 1.22 bits per heavy atom. The molecular formula is C12H28IN5. The number of nitrogens with zero attached hydrogens (tertiary/aromatic N) is 3. The van der Waals surface area contributed by atoms with Gasteiger partial charge in [0.25, 0.3) is 0 Å².